The van der Waals surface area contributed by atoms with E-state index in [-0.39, 0.29) is 19.7 Å². The quantitative estimate of drug-likeness (QED) is 0.403. The van der Waals surface area contributed by atoms with Crippen LogP contribution in [0.1, 0.15) is 38.3 Å². The third kappa shape index (κ3) is 6.50. The first-order valence-corrected chi connectivity index (χ1v) is 13.3. The lowest BCUT2D eigenvalue weighted by Crippen LogP contribution is -2.41. The molecule has 1 aromatic heterocycles. The van der Waals surface area contributed by atoms with Crippen LogP contribution in [0.4, 0.5) is 9.59 Å². The molecule has 1 aliphatic heterocycles. The first-order chi connectivity index (χ1) is 18.4. The van der Waals surface area contributed by atoms with Gasteiger partial charge in [0.2, 0.25) is 0 Å². The summed E-state index contributed by atoms with van der Waals surface area (Å²) in [7, 11) is 2.74. The molecule has 0 aliphatic carbocycles. The first kappa shape index (κ1) is 28.4. The molecule has 1 fully saturated rings. The van der Waals surface area contributed by atoms with E-state index >= 15 is 0 Å². The number of thiazole rings is 1. The zero-order chi connectivity index (χ0) is 28.4. The number of ether oxygens (including phenoxy) is 2. The molecule has 39 heavy (non-hydrogen) atoms. The van der Waals surface area contributed by atoms with Gasteiger partial charge in [0.1, 0.15) is 18.4 Å². The molecule has 0 spiro atoms. The predicted octanol–water partition coefficient (Wildman–Crippen LogP) is 4.17. The normalized spacial score (nSPS) is 15.6. The summed E-state index contributed by atoms with van der Waals surface area (Å²) in [6.07, 6.45) is -1.07. The Morgan fingerprint density at radius 3 is 2.23 bits per heavy atom. The van der Waals surface area contributed by atoms with Crippen molar-refractivity contribution in [2.75, 3.05) is 27.2 Å². The van der Waals surface area contributed by atoms with Gasteiger partial charge < -0.3 is 28.6 Å². The van der Waals surface area contributed by atoms with Crippen LogP contribution in [0.2, 0.25) is 0 Å². The second kappa shape index (κ2) is 11.2. The summed E-state index contributed by atoms with van der Waals surface area (Å²) in [6.45, 7) is 8.64. The van der Waals surface area contributed by atoms with E-state index in [9.17, 15) is 9.59 Å². The summed E-state index contributed by atoms with van der Waals surface area (Å²) in [5.74, 6) is 0.352. The highest BCUT2D eigenvalue weighted by Crippen LogP contribution is 2.36. The Hall–Kier alpha value is -3.66. The average molecular weight is 550 g/mol. The van der Waals surface area contributed by atoms with Crippen LogP contribution >= 0.6 is 11.3 Å². The fraction of sp³-hybridized carbons (Fsp3) is 0.407. The lowest BCUT2D eigenvalue weighted by molar-refractivity contribution is 0.00578. The van der Waals surface area contributed by atoms with Gasteiger partial charge in [-0.15, -0.1) is 11.3 Å². The lowest BCUT2D eigenvalue weighted by Gasteiger charge is -2.32. The number of nitrogens with zero attached hydrogens (tertiary/aromatic N) is 4. The molecule has 2 heterocycles. The number of benzene rings is 2. The minimum atomic E-state index is -0.566. The predicted molar refractivity (Wildman–Crippen MR) is 148 cm³/mol. The molecule has 0 saturated carbocycles. The van der Waals surface area contributed by atoms with Gasteiger partial charge in [0.05, 0.1) is 21.4 Å². The summed E-state index contributed by atoms with van der Waals surface area (Å²) in [4.78, 5) is 31.9. The molecular weight excluding hydrogens is 519 g/mol. The second-order valence-electron chi connectivity index (χ2n) is 10.4. The van der Waals surface area contributed by atoms with E-state index in [0.717, 1.165) is 15.7 Å². The molecule has 0 unspecified atom stereocenters. The molecule has 2 aromatic carbocycles. The maximum Gasteiger partial charge on any atom is 0.494 e. The van der Waals surface area contributed by atoms with E-state index in [2.05, 4.69) is 4.98 Å². The van der Waals surface area contributed by atoms with Crippen LogP contribution in [0.3, 0.4) is 0 Å². The number of carbonyl (C=O) groups excluding carboxylic acids is 2. The zero-order valence-corrected chi connectivity index (χ0v) is 23.7. The maximum atomic E-state index is 12.5. The first-order valence-electron chi connectivity index (χ1n) is 12.4. The maximum absolute atomic E-state index is 12.5. The van der Waals surface area contributed by atoms with Gasteiger partial charge in [-0.05, 0) is 50.9 Å². The minimum absolute atomic E-state index is 0.109. The van der Waals surface area contributed by atoms with Crippen LogP contribution in [0.15, 0.2) is 42.5 Å². The Kier molecular flexibility index (Phi) is 8.16. The Labute approximate surface area is 232 Å². The molecule has 1 saturated heterocycles. The summed E-state index contributed by atoms with van der Waals surface area (Å²) in [5, 5.41) is 9.34. The minimum Gasteiger partial charge on any atom is -0.445 e. The molecule has 10 nitrogen and oxygen atoms in total. The van der Waals surface area contributed by atoms with Gasteiger partial charge in [-0.25, -0.2) is 14.6 Å². The Bertz CT molecular complexity index is 1390. The van der Waals surface area contributed by atoms with Crippen LogP contribution in [0, 0.1) is 11.3 Å². The number of hydrogen-bond donors (Lipinski definition) is 0. The average Bonchev–Trinajstić information content (AvgIpc) is 3.41. The van der Waals surface area contributed by atoms with E-state index in [4.69, 9.17) is 24.0 Å². The SMILES string of the molecule is CN(CCN(C)C(=O)Oc1ccc2nc(C#N)sc2c1)C(=O)OCc1ccc(B2OC(C)(C)C(C)(C)O2)cc1. The Morgan fingerprint density at radius 1 is 1.00 bits per heavy atom. The third-order valence-electron chi connectivity index (χ3n) is 6.92. The molecule has 2 amide bonds. The smallest absolute Gasteiger partial charge is 0.445 e. The van der Waals surface area contributed by atoms with Gasteiger partial charge >= 0.3 is 19.3 Å². The molecule has 0 atom stereocenters. The van der Waals surface area contributed by atoms with Crippen molar-refractivity contribution in [3.8, 4) is 11.8 Å². The van der Waals surface area contributed by atoms with E-state index in [1.54, 1.807) is 32.3 Å². The van der Waals surface area contributed by atoms with E-state index in [1.165, 1.54) is 21.1 Å². The van der Waals surface area contributed by atoms with Crippen LogP contribution in [-0.2, 0) is 20.7 Å². The highest BCUT2D eigenvalue weighted by molar-refractivity contribution is 7.19. The van der Waals surface area contributed by atoms with Crippen molar-refractivity contribution in [1.82, 2.24) is 14.8 Å². The van der Waals surface area contributed by atoms with Crippen molar-refractivity contribution in [2.45, 2.75) is 45.5 Å². The second-order valence-corrected chi connectivity index (χ2v) is 11.4. The van der Waals surface area contributed by atoms with Gasteiger partial charge in [-0.1, -0.05) is 24.3 Å². The Morgan fingerprint density at radius 2 is 1.62 bits per heavy atom. The third-order valence-corrected chi connectivity index (χ3v) is 7.85. The molecular formula is C27H31BN4O6S. The number of fused-ring (bicyclic) bond motifs is 1. The highest BCUT2D eigenvalue weighted by Gasteiger charge is 2.51. The number of aromatic nitrogens is 1. The molecule has 12 heteroatoms. The molecule has 0 bridgehead atoms. The monoisotopic (exact) mass is 550 g/mol. The Balaban J connectivity index is 1.21. The number of amides is 2. The van der Waals surface area contributed by atoms with Gasteiger partial charge in [0.15, 0.2) is 5.01 Å². The summed E-state index contributed by atoms with van der Waals surface area (Å²) in [6, 6.07) is 14.6. The molecule has 0 N–H and O–H groups in total. The van der Waals surface area contributed by atoms with Gasteiger partial charge in [0.25, 0.3) is 0 Å². The van der Waals surface area contributed by atoms with Crippen LogP contribution < -0.4 is 10.2 Å². The van der Waals surface area contributed by atoms with E-state index < -0.39 is 30.5 Å². The fourth-order valence-corrected chi connectivity index (χ4v) is 4.47. The van der Waals surface area contributed by atoms with Crippen molar-refractivity contribution in [1.29, 1.82) is 5.26 Å². The largest absolute Gasteiger partial charge is 0.494 e. The number of nitriles is 1. The number of hydrogen-bond acceptors (Lipinski definition) is 9. The molecule has 1 aliphatic rings. The fourth-order valence-electron chi connectivity index (χ4n) is 3.68. The zero-order valence-electron chi connectivity index (χ0n) is 22.9. The van der Waals surface area contributed by atoms with E-state index in [0.29, 0.717) is 16.3 Å². The van der Waals surface area contributed by atoms with Crippen molar-refractivity contribution in [3.63, 3.8) is 0 Å². The van der Waals surface area contributed by atoms with Crippen molar-refractivity contribution >= 4 is 46.3 Å². The molecule has 0 radical (unpaired) electrons. The summed E-state index contributed by atoms with van der Waals surface area (Å²) < 4.78 is 23.8. The number of carbonyl (C=O) groups is 2. The van der Waals surface area contributed by atoms with Crippen LogP contribution in [0.5, 0.6) is 5.75 Å². The standard InChI is InChI=1S/C27H31BN4O6S/c1-26(2)27(3,4)38-28(37-26)19-9-7-18(8-10-19)17-35-24(33)31(5)13-14-32(6)25(34)36-20-11-12-21-22(15-20)39-23(16-29)30-21/h7-12,15H,13-14,17H2,1-6H3. The summed E-state index contributed by atoms with van der Waals surface area (Å²) >= 11 is 1.23. The van der Waals surface area contributed by atoms with E-state index in [1.807, 2.05) is 58.0 Å². The number of rotatable bonds is 7. The molecule has 204 valence electrons. The van der Waals surface area contributed by atoms with Gasteiger partial charge in [-0.2, -0.15) is 5.26 Å². The molecule has 4 rings (SSSR count). The highest BCUT2D eigenvalue weighted by atomic mass is 32.1. The van der Waals surface area contributed by atoms with Crippen molar-refractivity contribution < 1.29 is 28.4 Å². The van der Waals surface area contributed by atoms with Crippen molar-refractivity contribution in [3.05, 3.63) is 53.0 Å². The summed E-state index contributed by atoms with van der Waals surface area (Å²) in [5.41, 5.74) is 1.57. The van der Waals surface area contributed by atoms with Crippen molar-refractivity contribution in [2.24, 2.45) is 0 Å². The molecule has 3 aromatic rings. The topological polar surface area (TPSA) is 114 Å². The van der Waals surface area contributed by atoms with Crippen LogP contribution in [0.25, 0.3) is 10.2 Å². The number of likely N-dealkylation sites (N-methyl/N-ethyl adjacent to an activating group) is 2. The van der Waals surface area contributed by atoms with Gasteiger partial charge in [0, 0.05) is 33.3 Å². The van der Waals surface area contributed by atoms with Crippen LogP contribution in [-0.4, -0.2) is 72.5 Å². The lowest BCUT2D eigenvalue weighted by atomic mass is 9.79. The van der Waals surface area contributed by atoms with Gasteiger partial charge in [-0.3, -0.25) is 0 Å².